The summed E-state index contributed by atoms with van der Waals surface area (Å²) in [4.78, 5) is 13.6. The molecule has 1 atom stereocenters. The highest BCUT2D eigenvalue weighted by Gasteiger charge is 2.24. The second-order valence-corrected chi connectivity index (χ2v) is 5.09. The lowest BCUT2D eigenvalue weighted by atomic mass is 10.0. The molecule has 1 aliphatic heterocycles. The third-order valence-electron chi connectivity index (χ3n) is 3.43. The summed E-state index contributed by atoms with van der Waals surface area (Å²) in [5, 5.41) is 6.47. The molecule has 0 aliphatic carbocycles. The number of H-pyrrole nitrogens is 1. The van der Waals surface area contributed by atoms with Crippen molar-refractivity contribution in [1.29, 1.82) is 0 Å². The largest absolute Gasteiger partial charge is 0.394 e. The Morgan fingerprint density at radius 3 is 3.00 bits per heavy atom. The van der Waals surface area contributed by atoms with Gasteiger partial charge in [0, 0.05) is 12.6 Å². The van der Waals surface area contributed by atoms with Crippen molar-refractivity contribution in [1.82, 2.24) is 15.1 Å². The molecule has 0 saturated carbocycles. The van der Waals surface area contributed by atoms with Crippen LogP contribution in [-0.2, 0) is 6.42 Å². The number of aromatic nitrogens is 2. The van der Waals surface area contributed by atoms with Gasteiger partial charge in [0.05, 0.1) is 5.69 Å². The second-order valence-electron chi connectivity index (χ2n) is 5.09. The van der Waals surface area contributed by atoms with E-state index in [1.807, 2.05) is 0 Å². The number of hydrogen-bond donors (Lipinski definition) is 2. The zero-order valence-corrected chi connectivity index (χ0v) is 10.4. The molecule has 94 valence electrons. The molecule has 1 aliphatic rings. The van der Waals surface area contributed by atoms with Crippen molar-refractivity contribution >= 4 is 5.69 Å². The van der Waals surface area contributed by atoms with Crippen LogP contribution in [0.4, 0.5) is 5.69 Å². The Hall–Kier alpha value is -1.36. The van der Waals surface area contributed by atoms with E-state index in [1.54, 1.807) is 6.07 Å². The zero-order valence-electron chi connectivity index (χ0n) is 10.4. The van der Waals surface area contributed by atoms with E-state index < -0.39 is 0 Å². The van der Waals surface area contributed by atoms with Gasteiger partial charge in [0.15, 0.2) is 0 Å². The van der Waals surface area contributed by atoms with Gasteiger partial charge in [-0.05, 0) is 45.2 Å². The third-order valence-corrected chi connectivity index (χ3v) is 3.43. The molecule has 17 heavy (non-hydrogen) atoms. The molecule has 0 radical (unpaired) electrons. The number of likely N-dealkylation sites (tertiary alicyclic amines) is 1. The highest BCUT2D eigenvalue weighted by atomic mass is 16.1. The maximum atomic E-state index is 11.1. The van der Waals surface area contributed by atoms with Gasteiger partial charge in [-0.25, -0.2) is 5.10 Å². The maximum absolute atomic E-state index is 11.1. The monoisotopic (exact) mass is 236 g/mol. The average molecular weight is 236 g/mol. The fourth-order valence-electron chi connectivity index (χ4n) is 2.36. The summed E-state index contributed by atoms with van der Waals surface area (Å²) in [6, 6.07) is 2.30. The number of aromatic amines is 1. The Bertz CT molecular complexity index is 440. The summed E-state index contributed by atoms with van der Waals surface area (Å²) in [7, 11) is 0. The summed E-state index contributed by atoms with van der Waals surface area (Å²) >= 11 is 0. The molecule has 5 nitrogen and oxygen atoms in total. The normalized spacial score (nSPS) is 21.2. The quantitative estimate of drug-likeness (QED) is 0.807. The minimum Gasteiger partial charge on any atom is -0.394 e. The van der Waals surface area contributed by atoms with Gasteiger partial charge in [-0.2, -0.15) is 5.10 Å². The van der Waals surface area contributed by atoms with Crippen molar-refractivity contribution in [3.8, 4) is 0 Å². The Balaban J connectivity index is 1.98. The standard InChI is InChI=1S/C12H20N4O/c1-8(2)16-4-3-9(7-16)5-10-6-11(13)12(17)15-14-10/h6,8-9H,3-5,7H2,1-2H3,(H2,13,14)(H,15,17). The number of nitrogens with zero attached hydrogens (tertiary/aromatic N) is 2. The molecular formula is C12H20N4O. The lowest BCUT2D eigenvalue weighted by Crippen LogP contribution is -2.28. The Labute approximate surface area is 101 Å². The SMILES string of the molecule is CC(C)N1CCC(Cc2cc(N)c(=O)[nH]n2)C1. The van der Waals surface area contributed by atoms with E-state index in [-0.39, 0.29) is 11.2 Å². The minimum absolute atomic E-state index is 0.258. The highest BCUT2D eigenvalue weighted by molar-refractivity contribution is 5.34. The fourth-order valence-corrected chi connectivity index (χ4v) is 2.36. The molecule has 1 saturated heterocycles. The minimum atomic E-state index is -0.302. The number of anilines is 1. The highest BCUT2D eigenvalue weighted by Crippen LogP contribution is 2.21. The molecule has 1 aromatic rings. The van der Waals surface area contributed by atoms with Crippen LogP contribution < -0.4 is 11.3 Å². The molecule has 5 heteroatoms. The molecule has 1 fully saturated rings. The molecule has 0 spiro atoms. The molecule has 2 rings (SSSR count). The summed E-state index contributed by atoms with van der Waals surface area (Å²) in [5.74, 6) is 0.621. The first kappa shape index (κ1) is 12.1. The molecule has 1 unspecified atom stereocenters. The van der Waals surface area contributed by atoms with Crippen LogP contribution in [0.3, 0.4) is 0 Å². The van der Waals surface area contributed by atoms with E-state index in [0.29, 0.717) is 12.0 Å². The molecule has 3 N–H and O–H groups in total. The van der Waals surface area contributed by atoms with E-state index in [0.717, 1.165) is 25.2 Å². The van der Waals surface area contributed by atoms with Crippen molar-refractivity contribution in [2.24, 2.45) is 5.92 Å². The van der Waals surface area contributed by atoms with Crippen LogP contribution in [-0.4, -0.2) is 34.2 Å². The fraction of sp³-hybridized carbons (Fsp3) is 0.667. The van der Waals surface area contributed by atoms with Crippen LogP contribution >= 0.6 is 0 Å². The van der Waals surface area contributed by atoms with Gasteiger partial charge in [0.2, 0.25) is 0 Å². The lowest BCUT2D eigenvalue weighted by molar-refractivity contribution is 0.264. The van der Waals surface area contributed by atoms with Crippen LogP contribution in [0.25, 0.3) is 0 Å². The van der Waals surface area contributed by atoms with Crippen molar-refractivity contribution in [3.63, 3.8) is 0 Å². The van der Waals surface area contributed by atoms with Gasteiger partial charge in [0.1, 0.15) is 5.69 Å². The van der Waals surface area contributed by atoms with E-state index in [4.69, 9.17) is 5.73 Å². The second kappa shape index (κ2) is 4.87. The Morgan fingerprint density at radius 1 is 1.65 bits per heavy atom. The molecule has 0 bridgehead atoms. The molecular weight excluding hydrogens is 216 g/mol. The van der Waals surface area contributed by atoms with Crippen molar-refractivity contribution in [3.05, 3.63) is 22.1 Å². The first-order chi connectivity index (χ1) is 8.06. The molecule has 0 amide bonds. The summed E-state index contributed by atoms with van der Waals surface area (Å²) in [6.07, 6.45) is 2.09. The smallest absolute Gasteiger partial charge is 0.287 e. The van der Waals surface area contributed by atoms with Crippen molar-refractivity contribution < 1.29 is 0 Å². The Kier molecular flexibility index (Phi) is 3.47. The van der Waals surface area contributed by atoms with Gasteiger partial charge in [-0.15, -0.1) is 0 Å². The number of nitrogens with one attached hydrogen (secondary N) is 1. The van der Waals surface area contributed by atoms with Crippen molar-refractivity contribution in [2.75, 3.05) is 18.8 Å². The predicted molar refractivity (Wildman–Crippen MR) is 67.8 cm³/mol. The van der Waals surface area contributed by atoms with E-state index in [1.165, 1.54) is 6.42 Å². The van der Waals surface area contributed by atoms with Crippen LogP contribution in [0.1, 0.15) is 26.0 Å². The lowest BCUT2D eigenvalue weighted by Gasteiger charge is -2.20. The van der Waals surface area contributed by atoms with Crippen molar-refractivity contribution in [2.45, 2.75) is 32.7 Å². The van der Waals surface area contributed by atoms with Gasteiger partial charge in [-0.3, -0.25) is 4.79 Å². The number of rotatable bonds is 3. The molecule has 1 aromatic heterocycles. The van der Waals surface area contributed by atoms with E-state index in [2.05, 4.69) is 28.9 Å². The number of nitrogen functional groups attached to an aromatic ring is 1. The summed E-state index contributed by atoms with van der Waals surface area (Å²) < 4.78 is 0. The summed E-state index contributed by atoms with van der Waals surface area (Å²) in [6.45, 7) is 6.71. The third kappa shape index (κ3) is 2.85. The topological polar surface area (TPSA) is 75.0 Å². The van der Waals surface area contributed by atoms with Gasteiger partial charge in [-0.1, -0.05) is 0 Å². The zero-order chi connectivity index (χ0) is 12.4. The van der Waals surface area contributed by atoms with Crippen LogP contribution in [0.2, 0.25) is 0 Å². The average Bonchev–Trinajstić information content (AvgIpc) is 2.72. The van der Waals surface area contributed by atoms with Gasteiger partial charge < -0.3 is 10.6 Å². The number of nitrogens with two attached hydrogens (primary N) is 1. The van der Waals surface area contributed by atoms with Crippen LogP contribution in [0, 0.1) is 5.92 Å². The molecule has 2 heterocycles. The summed E-state index contributed by atoms with van der Waals surface area (Å²) in [5.41, 5.74) is 6.42. The van der Waals surface area contributed by atoms with E-state index in [9.17, 15) is 4.79 Å². The van der Waals surface area contributed by atoms with Gasteiger partial charge in [0.25, 0.3) is 5.56 Å². The van der Waals surface area contributed by atoms with Crippen LogP contribution in [0.5, 0.6) is 0 Å². The number of hydrogen-bond acceptors (Lipinski definition) is 4. The van der Waals surface area contributed by atoms with Crippen LogP contribution in [0.15, 0.2) is 10.9 Å². The Morgan fingerprint density at radius 2 is 2.41 bits per heavy atom. The van der Waals surface area contributed by atoms with E-state index >= 15 is 0 Å². The first-order valence-electron chi connectivity index (χ1n) is 6.14. The first-order valence-corrected chi connectivity index (χ1v) is 6.14. The molecule has 0 aromatic carbocycles. The van der Waals surface area contributed by atoms with Gasteiger partial charge >= 0.3 is 0 Å². The predicted octanol–water partition coefficient (Wildman–Crippen LogP) is 0.625. The maximum Gasteiger partial charge on any atom is 0.287 e.